The van der Waals surface area contributed by atoms with Gasteiger partial charge >= 0.3 is 0 Å². The van der Waals surface area contributed by atoms with Crippen LogP contribution in [0.25, 0.3) is 10.9 Å². The van der Waals surface area contributed by atoms with Crippen molar-refractivity contribution < 1.29 is 19.2 Å². The molecular weight excluding hydrogens is 410 g/mol. The Labute approximate surface area is 186 Å². The van der Waals surface area contributed by atoms with Gasteiger partial charge in [0.2, 0.25) is 0 Å². The molecule has 1 fully saturated rings. The van der Waals surface area contributed by atoms with Crippen molar-refractivity contribution in [1.29, 1.82) is 0 Å². The van der Waals surface area contributed by atoms with E-state index in [4.69, 9.17) is 14.5 Å². The summed E-state index contributed by atoms with van der Waals surface area (Å²) in [4.78, 5) is 20.3. The van der Waals surface area contributed by atoms with Gasteiger partial charge in [-0.25, -0.2) is 4.98 Å². The van der Waals surface area contributed by atoms with Crippen LogP contribution in [0.5, 0.6) is 5.75 Å². The van der Waals surface area contributed by atoms with Crippen LogP contribution < -0.4 is 15.0 Å². The Balaban J connectivity index is 1.49. The van der Waals surface area contributed by atoms with E-state index in [1.807, 2.05) is 61.5 Å². The lowest BCUT2D eigenvalue weighted by Gasteiger charge is -2.23. The van der Waals surface area contributed by atoms with Gasteiger partial charge in [0, 0.05) is 10.3 Å². The molecule has 0 saturated carbocycles. The Hall–Kier alpha value is -2.61. The van der Waals surface area contributed by atoms with Crippen molar-refractivity contribution >= 4 is 28.6 Å². The number of ether oxygens (including phenoxy) is 2. The van der Waals surface area contributed by atoms with Gasteiger partial charge in [-0.2, -0.15) is 0 Å². The van der Waals surface area contributed by atoms with Gasteiger partial charge in [-0.1, -0.05) is 30.0 Å². The number of morpholine rings is 1. The van der Waals surface area contributed by atoms with Crippen molar-refractivity contribution in [3.8, 4) is 5.75 Å². The number of rotatable bonds is 8. The molecule has 1 aromatic heterocycles. The number of carbonyl (C=O) groups is 1. The van der Waals surface area contributed by atoms with Gasteiger partial charge in [0.05, 0.1) is 44.0 Å². The van der Waals surface area contributed by atoms with Crippen molar-refractivity contribution in [2.45, 2.75) is 16.8 Å². The maximum absolute atomic E-state index is 13.0. The zero-order valence-corrected chi connectivity index (χ0v) is 18.5. The first-order chi connectivity index (χ1) is 15.2. The second-order valence-electron chi connectivity index (χ2n) is 7.40. The van der Waals surface area contributed by atoms with Crippen LogP contribution in [-0.2, 0) is 4.74 Å². The fraction of sp³-hybridized carbons (Fsp3) is 0.333. The minimum Gasteiger partial charge on any atom is -0.494 e. The largest absolute Gasteiger partial charge is 0.494 e. The third-order valence-electron chi connectivity index (χ3n) is 5.26. The van der Waals surface area contributed by atoms with Crippen LogP contribution in [-0.4, -0.2) is 56.9 Å². The van der Waals surface area contributed by atoms with Crippen molar-refractivity contribution in [1.82, 2.24) is 10.3 Å². The van der Waals surface area contributed by atoms with Crippen LogP contribution in [0.15, 0.2) is 64.5 Å². The molecule has 1 saturated heterocycles. The van der Waals surface area contributed by atoms with Gasteiger partial charge in [0.15, 0.2) is 0 Å². The number of carbonyl (C=O) groups excluding carboxylic acids is 1. The molecule has 0 radical (unpaired) electrons. The summed E-state index contributed by atoms with van der Waals surface area (Å²) in [5, 5.41) is 4.76. The number of amides is 1. The second-order valence-corrected chi connectivity index (χ2v) is 8.49. The molecule has 1 amide bonds. The van der Waals surface area contributed by atoms with Crippen molar-refractivity contribution in [3.05, 3.63) is 60.2 Å². The summed E-state index contributed by atoms with van der Waals surface area (Å²) in [6.45, 7) is 7.75. The minimum absolute atomic E-state index is 0.0557. The summed E-state index contributed by atoms with van der Waals surface area (Å²) < 4.78 is 10.9. The molecule has 7 heteroatoms. The Morgan fingerprint density at radius 2 is 1.94 bits per heavy atom. The molecule has 0 spiro atoms. The first-order valence-corrected chi connectivity index (χ1v) is 11.5. The molecule has 1 aliphatic heterocycles. The predicted octanol–water partition coefficient (Wildman–Crippen LogP) is 2.43. The van der Waals surface area contributed by atoms with Gasteiger partial charge in [0.1, 0.15) is 23.9 Å². The van der Waals surface area contributed by atoms with Gasteiger partial charge in [-0.05, 0) is 43.3 Å². The number of pyridine rings is 1. The van der Waals surface area contributed by atoms with Crippen molar-refractivity contribution in [3.63, 3.8) is 0 Å². The molecule has 4 rings (SSSR count). The fourth-order valence-corrected chi connectivity index (χ4v) is 4.48. The smallest absolute Gasteiger partial charge is 0.252 e. The number of nitrogens with zero attached hydrogens (tertiary/aromatic N) is 1. The standard InChI is InChI=1S/C24H27N3O3S/c1-2-30-18-7-9-19(10-8-18)31-23-17-21(20-5-3-4-6-22(20)26-23)24(28)25-11-12-27-13-15-29-16-14-27/h3-10,17H,2,11-16H2,1H3,(H,25,28)/p+1. The summed E-state index contributed by atoms with van der Waals surface area (Å²) in [6.07, 6.45) is 0. The molecule has 0 bridgehead atoms. The van der Waals surface area contributed by atoms with E-state index in [9.17, 15) is 4.79 Å². The van der Waals surface area contributed by atoms with Crippen molar-refractivity contribution in [2.75, 3.05) is 46.0 Å². The maximum atomic E-state index is 13.0. The van der Waals surface area contributed by atoms with Crippen LogP contribution in [0.4, 0.5) is 0 Å². The Kier molecular flexibility index (Phi) is 7.40. The lowest BCUT2D eigenvalue weighted by atomic mass is 10.1. The topological polar surface area (TPSA) is 64.9 Å². The molecule has 0 atom stereocenters. The van der Waals surface area contributed by atoms with Gasteiger partial charge in [-0.15, -0.1) is 0 Å². The highest BCUT2D eigenvalue weighted by Gasteiger charge is 2.16. The quantitative estimate of drug-likeness (QED) is 0.566. The summed E-state index contributed by atoms with van der Waals surface area (Å²) in [5.74, 6) is 0.792. The summed E-state index contributed by atoms with van der Waals surface area (Å²) in [6, 6.07) is 17.6. The van der Waals surface area contributed by atoms with Crippen LogP contribution in [0.3, 0.4) is 0 Å². The lowest BCUT2D eigenvalue weighted by Crippen LogP contribution is -3.14. The molecular formula is C24H28N3O3S+. The van der Waals surface area contributed by atoms with Crippen molar-refractivity contribution in [2.24, 2.45) is 0 Å². The molecule has 0 aliphatic carbocycles. The number of nitrogens with one attached hydrogen (secondary N) is 2. The first-order valence-electron chi connectivity index (χ1n) is 10.7. The number of aromatic nitrogens is 1. The number of quaternary nitrogens is 1. The molecule has 0 unspecified atom stereocenters. The van der Waals surface area contributed by atoms with E-state index < -0.39 is 0 Å². The number of benzene rings is 2. The Morgan fingerprint density at radius 1 is 1.16 bits per heavy atom. The molecule has 2 N–H and O–H groups in total. The number of fused-ring (bicyclic) bond motifs is 1. The maximum Gasteiger partial charge on any atom is 0.252 e. The molecule has 31 heavy (non-hydrogen) atoms. The van der Waals surface area contributed by atoms with Crippen LogP contribution in [0.1, 0.15) is 17.3 Å². The lowest BCUT2D eigenvalue weighted by molar-refractivity contribution is -0.906. The van der Waals surface area contributed by atoms with Gasteiger partial charge < -0.3 is 19.7 Å². The average molecular weight is 439 g/mol. The summed E-state index contributed by atoms with van der Waals surface area (Å²) in [7, 11) is 0. The molecule has 2 heterocycles. The predicted molar refractivity (Wildman–Crippen MR) is 122 cm³/mol. The van der Waals surface area contributed by atoms with Crippen LogP contribution >= 0.6 is 11.8 Å². The first kappa shape index (κ1) is 21.6. The number of hydrogen-bond donors (Lipinski definition) is 2. The molecule has 1 aliphatic rings. The Bertz CT molecular complexity index is 1020. The van der Waals surface area contributed by atoms with E-state index >= 15 is 0 Å². The zero-order valence-electron chi connectivity index (χ0n) is 17.7. The zero-order chi connectivity index (χ0) is 21.5. The third kappa shape index (κ3) is 5.76. The Morgan fingerprint density at radius 3 is 2.71 bits per heavy atom. The minimum atomic E-state index is -0.0557. The van der Waals surface area contributed by atoms with E-state index in [0.29, 0.717) is 18.7 Å². The highest BCUT2D eigenvalue weighted by molar-refractivity contribution is 7.99. The number of para-hydroxylation sites is 1. The molecule has 6 nitrogen and oxygen atoms in total. The van der Waals surface area contributed by atoms with Gasteiger partial charge in [0.25, 0.3) is 5.91 Å². The SMILES string of the molecule is CCOc1ccc(Sc2cc(C(=O)NCC[NH+]3CCOCC3)c3ccccc3n2)cc1. The second kappa shape index (κ2) is 10.6. The van der Waals surface area contributed by atoms with E-state index in [-0.39, 0.29) is 5.91 Å². The third-order valence-corrected chi connectivity index (χ3v) is 6.18. The fourth-order valence-electron chi connectivity index (χ4n) is 3.64. The van der Waals surface area contributed by atoms with Crippen LogP contribution in [0, 0.1) is 0 Å². The van der Waals surface area contributed by atoms with Crippen LogP contribution in [0.2, 0.25) is 0 Å². The van der Waals surface area contributed by atoms with Gasteiger partial charge in [-0.3, -0.25) is 4.79 Å². The monoisotopic (exact) mass is 438 g/mol. The highest BCUT2D eigenvalue weighted by Crippen LogP contribution is 2.30. The molecule has 3 aromatic rings. The van der Waals surface area contributed by atoms with E-state index in [1.54, 1.807) is 11.8 Å². The molecule has 2 aromatic carbocycles. The van der Waals surface area contributed by atoms with E-state index in [1.165, 1.54) is 4.90 Å². The normalized spacial score (nSPS) is 14.5. The molecule has 162 valence electrons. The summed E-state index contributed by atoms with van der Waals surface area (Å²) in [5.41, 5.74) is 1.48. The van der Waals surface area contributed by atoms with E-state index in [0.717, 1.165) is 59.4 Å². The number of hydrogen-bond acceptors (Lipinski definition) is 5. The highest BCUT2D eigenvalue weighted by atomic mass is 32.2. The summed E-state index contributed by atoms with van der Waals surface area (Å²) >= 11 is 1.54. The van der Waals surface area contributed by atoms with E-state index in [2.05, 4.69) is 5.32 Å². The average Bonchev–Trinajstić information content (AvgIpc) is 2.80.